The lowest BCUT2D eigenvalue weighted by molar-refractivity contribution is -0.552. The maximum absolute atomic E-state index is 15.0. The fourth-order valence-corrected chi connectivity index (χ4v) is 5.48. The number of fused-ring (bicyclic) bond motifs is 1. The van der Waals surface area contributed by atoms with Gasteiger partial charge in [-0.15, -0.1) is 0 Å². The number of ether oxygens (including phenoxy) is 1. The van der Waals surface area contributed by atoms with Crippen LogP contribution in [0.2, 0.25) is 0 Å². The molecule has 0 radical (unpaired) electrons. The zero-order valence-corrected chi connectivity index (χ0v) is 25.2. The highest BCUT2D eigenvalue weighted by atomic mass is 19.1. The van der Waals surface area contributed by atoms with Crippen LogP contribution in [0.5, 0.6) is 5.75 Å². The Morgan fingerprint density at radius 2 is 1.64 bits per heavy atom. The molecule has 0 bridgehead atoms. The van der Waals surface area contributed by atoms with Crippen molar-refractivity contribution in [2.75, 3.05) is 18.5 Å². The van der Waals surface area contributed by atoms with E-state index in [-0.39, 0.29) is 17.6 Å². The van der Waals surface area contributed by atoms with Gasteiger partial charge in [-0.3, -0.25) is 10.1 Å². The predicted octanol–water partition coefficient (Wildman–Crippen LogP) is 6.30. The maximum atomic E-state index is 15.0. The Morgan fingerprint density at radius 3 is 2.36 bits per heavy atom. The normalized spacial score (nSPS) is 13.8. The lowest BCUT2D eigenvalue weighted by atomic mass is 10.1. The van der Waals surface area contributed by atoms with Gasteiger partial charge in [-0.2, -0.15) is 4.57 Å². The average molecular weight is 596 g/mol. The lowest BCUT2D eigenvalue weighted by Gasteiger charge is -2.10. The third-order valence-corrected chi connectivity index (χ3v) is 7.79. The van der Waals surface area contributed by atoms with E-state index < -0.39 is 11.9 Å². The molecule has 0 spiro atoms. The van der Waals surface area contributed by atoms with Crippen molar-refractivity contribution >= 4 is 17.6 Å². The molecule has 5 rings (SSSR count). The van der Waals surface area contributed by atoms with Crippen molar-refractivity contribution in [3.8, 4) is 17.0 Å². The fourth-order valence-electron chi connectivity index (χ4n) is 5.48. The third kappa shape index (κ3) is 8.28. The van der Waals surface area contributed by atoms with Crippen LogP contribution >= 0.6 is 0 Å². The molecule has 3 aromatic carbocycles. The van der Waals surface area contributed by atoms with E-state index in [1.54, 1.807) is 16.8 Å². The highest BCUT2D eigenvalue weighted by Gasteiger charge is 2.41. The number of benzene rings is 3. The van der Waals surface area contributed by atoms with Gasteiger partial charge in [0, 0.05) is 31.9 Å². The summed E-state index contributed by atoms with van der Waals surface area (Å²) in [6.45, 7) is 2.72. The molecule has 0 fully saturated rings. The minimum Gasteiger partial charge on any atom is -0.491 e. The number of aromatic nitrogens is 2. The second-order valence-electron chi connectivity index (χ2n) is 11.3. The van der Waals surface area contributed by atoms with Gasteiger partial charge in [0.2, 0.25) is 5.91 Å². The van der Waals surface area contributed by atoms with E-state index in [9.17, 15) is 14.0 Å². The molecule has 4 aromatic rings. The van der Waals surface area contributed by atoms with Gasteiger partial charge in [0.05, 0.1) is 6.61 Å². The molecule has 1 unspecified atom stereocenters. The molecule has 44 heavy (non-hydrogen) atoms. The minimum absolute atomic E-state index is 0.0129. The summed E-state index contributed by atoms with van der Waals surface area (Å²) in [5.74, 6) is 0.406. The third-order valence-electron chi connectivity index (χ3n) is 7.79. The number of nitrogens with zero attached hydrogens (tertiary/aromatic N) is 2. The van der Waals surface area contributed by atoms with E-state index >= 15 is 0 Å². The molecular weight excluding hydrogens is 555 g/mol. The average Bonchev–Trinajstić information content (AvgIpc) is 3.34. The predicted molar refractivity (Wildman–Crippen MR) is 169 cm³/mol. The molecule has 0 aliphatic carbocycles. The van der Waals surface area contributed by atoms with E-state index in [1.807, 2.05) is 66.7 Å². The standard InChI is InChI=1S/C36H39FN4O3/c1-26(42)38-20-12-4-2-3-5-13-21-44-34-19-18-28(22-30(34)37)24-32-36(43)41-25-33(29-16-10-7-11-17-29)39-31(35(41)40-32)23-27-14-8-6-9-15-27/h6-11,14-19,22,25,32H,2-5,12-13,20-21,23-24H2,1H3,(H,38,42)/p+1. The number of hydrogen-bond acceptors (Lipinski definition) is 5. The molecular formula is C36H40FN4O3+. The summed E-state index contributed by atoms with van der Waals surface area (Å²) in [7, 11) is 0. The largest absolute Gasteiger partial charge is 0.491 e. The van der Waals surface area contributed by atoms with Crippen molar-refractivity contribution in [1.82, 2.24) is 10.3 Å². The van der Waals surface area contributed by atoms with Crippen molar-refractivity contribution in [2.24, 2.45) is 0 Å². The van der Waals surface area contributed by atoms with Gasteiger partial charge in [-0.25, -0.2) is 14.2 Å². The lowest BCUT2D eigenvalue weighted by Crippen LogP contribution is -2.44. The van der Waals surface area contributed by atoms with Crippen LogP contribution in [0.15, 0.2) is 85.1 Å². The highest BCUT2D eigenvalue weighted by molar-refractivity contribution is 5.82. The molecule has 1 atom stereocenters. The van der Waals surface area contributed by atoms with Gasteiger partial charge in [0.25, 0.3) is 0 Å². The van der Waals surface area contributed by atoms with Crippen LogP contribution < -0.4 is 19.9 Å². The number of rotatable bonds is 15. The first-order chi connectivity index (χ1) is 21.5. The summed E-state index contributed by atoms with van der Waals surface area (Å²) in [4.78, 5) is 29.4. The Kier molecular flexibility index (Phi) is 10.7. The first-order valence-electron chi connectivity index (χ1n) is 15.5. The molecule has 2 heterocycles. The van der Waals surface area contributed by atoms with Gasteiger partial charge < -0.3 is 10.1 Å². The molecule has 1 aromatic heterocycles. The summed E-state index contributed by atoms with van der Waals surface area (Å²) in [6, 6.07) is 24.3. The maximum Gasteiger partial charge on any atom is 0.359 e. The van der Waals surface area contributed by atoms with Crippen LogP contribution in [0.25, 0.3) is 11.3 Å². The van der Waals surface area contributed by atoms with Gasteiger partial charge in [-0.1, -0.05) is 92.4 Å². The Bertz CT molecular complexity index is 1560. The number of anilines is 1. The quantitative estimate of drug-likeness (QED) is 0.125. The molecule has 228 valence electrons. The van der Waals surface area contributed by atoms with Gasteiger partial charge >= 0.3 is 11.7 Å². The molecule has 8 heteroatoms. The number of unbranched alkanes of at least 4 members (excludes halogenated alkanes) is 5. The molecule has 7 nitrogen and oxygen atoms in total. The van der Waals surface area contributed by atoms with Crippen LogP contribution in [0.1, 0.15) is 67.1 Å². The monoisotopic (exact) mass is 595 g/mol. The highest BCUT2D eigenvalue weighted by Crippen LogP contribution is 2.26. The number of carbonyl (C=O) groups excluding carboxylic acids is 2. The van der Waals surface area contributed by atoms with Gasteiger partial charge in [0.15, 0.2) is 17.6 Å². The zero-order chi connectivity index (χ0) is 30.7. The molecule has 0 saturated carbocycles. The molecule has 1 aliphatic rings. The zero-order valence-electron chi connectivity index (χ0n) is 25.2. The summed E-state index contributed by atoms with van der Waals surface area (Å²) in [5.41, 5.74) is 4.26. The second kappa shape index (κ2) is 15.2. The Balaban J connectivity index is 1.18. The van der Waals surface area contributed by atoms with Crippen LogP contribution in [-0.4, -0.2) is 36.0 Å². The second-order valence-corrected chi connectivity index (χ2v) is 11.3. The topological polar surface area (TPSA) is 84.2 Å². The Morgan fingerprint density at radius 1 is 0.932 bits per heavy atom. The number of hydrogen-bond donors (Lipinski definition) is 2. The van der Waals surface area contributed by atoms with E-state index in [1.165, 1.54) is 13.0 Å². The van der Waals surface area contributed by atoms with Crippen LogP contribution in [0.3, 0.4) is 0 Å². The summed E-state index contributed by atoms with van der Waals surface area (Å²) in [5, 5.41) is 6.20. The van der Waals surface area contributed by atoms with E-state index in [2.05, 4.69) is 10.6 Å². The summed E-state index contributed by atoms with van der Waals surface area (Å²) < 4.78 is 22.3. The number of halogens is 1. The van der Waals surface area contributed by atoms with Crippen molar-refractivity contribution in [3.63, 3.8) is 0 Å². The number of amides is 1. The molecule has 1 amide bonds. The van der Waals surface area contributed by atoms with Crippen LogP contribution in [0.4, 0.5) is 10.2 Å². The van der Waals surface area contributed by atoms with Crippen molar-refractivity contribution in [2.45, 2.75) is 64.3 Å². The van der Waals surface area contributed by atoms with E-state index in [4.69, 9.17) is 9.72 Å². The molecule has 0 saturated heterocycles. The van der Waals surface area contributed by atoms with Gasteiger partial charge in [0.1, 0.15) is 17.6 Å². The van der Waals surface area contributed by atoms with E-state index in [0.29, 0.717) is 30.8 Å². The first-order valence-corrected chi connectivity index (χ1v) is 15.5. The first kappa shape index (κ1) is 30.9. The van der Waals surface area contributed by atoms with Crippen LogP contribution in [0, 0.1) is 5.82 Å². The summed E-state index contributed by atoms with van der Waals surface area (Å²) >= 11 is 0. The molecule has 2 N–H and O–H groups in total. The minimum atomic E-state index is -0.540. The smallest absolute Gasteiger partial charge is 0.359 e. The number of nitrogens with one attached hydrogen (secondary N) is 2. The van der Waals surface area contributed by atoms with Crippen molar-refractivity contribution in [1.29, 1.82) is 0 Å². The van der Waals surface area contributed by atoms with E-state index in [0.717, 1.165) is 67.6 Å². The Labute approximate surface area is 258 Å². The Hall–Kier alpha value is -4.59. The number of carbonyl (C=O) groups is 2. The summed E-state index contributed by atoms with van der Waals surface area (Å²) in [6.07, 6.45) is 8.83. The van der Waals surface area contributed by atoms with Crippen LogP contribution in [-0.2, 0) is 17.6 Å². The molecule has 1 aliphatic heterocycles. The van der Waals surface area contributed by atoms with Crippen molar-refractivity contribution < 1.29 is 23.3 Å². The van der Waals surface area contributed by atoms with Gasteiger partial charge in [-0.05, 0) is 36.1 Å². The SMILES string of the molecule is CC(=O)NCCCCCCCCOc1ccc(CC2Nc3c(Cc4ccccc4)nc(-c4ccccc4)c[n+]3C2=O)cc1F. The fraction of sp³-hybridized carbons (Fsp3) is 0.333. The van der Waals surface area contributed by atoms with Crippen molar-refractivity contribution in [3.05, 3.63) is 108 Å².